The molecule has 0 N–H and O–H groups in total. The van der Waals surface area contributed by atoms with Crippen LogP contribution in [0.5, 0.6) is 11.5 Å². The van der Waals surface area contributed by atoms with Crippen LogP contribution in [0.1, 0.15) is 17.5 Å². The Balaban J connectivity index is 2.12. The molecule has 4 nitrogen and oxygen atoms in total. The molecule has 23 heavy (non-hydrogen) atoms. The Morgan fingerprint density at radius 3 is 1.61 bits per heavy atom. The molecule has 2 aromatic carbocycles. The third-order valence-corrected chi connectivity index (χ3v) is 4.70. The molecule has 1 amide bonds. The lowest BCUT2D eigenvalue weighted by Gasteiger charge is -2.28. The van der Waals surface area contributed by atoms with Gasteiger partial charge in [-0.1, -0.05) is 24.3 Å². The van der Waals surface area contributed by atoms with Gasteiger partial charge in [0.15, 0.2) is 0 Å². The van der Waals surface area contributed by atoms with Crippen molar-refractivity contribution in [3.05, 3.63) is 59.7 Å². The van der Waals surface area contributed by atoms with E-state index in [9.17, 15) is 4.79 Å². The minimum atomic E-state index is -0.632. The van der Waals surface area contributed by atoms with Crippen LogP contribution in [-0.2, 0) is 10.2 Å². The fourth-order valence-electron chi connectivity index (χ4n) is 3.32. The standard InChI is InChI=1S/C19H21NO3/c1-20-13-12-19(18(20)21,14-4-8-16(22-2)9-5-14)15-6-10-17(23-3)11-7-15/h4-11H,12-13H2,1-3H3. The SMILES string of the molecule is COc1ccc(C2(c3ccc(OC)cc3)CCN(C)C2=O)cc1. The number of likely N-dealkylation sites (tertiary alicyclic amines) is 1. The van der Waals surface area contributed by atoms with Gasteiger partial charge in [-0.05, 0) is 41.8 Å². The first-order chi connectivity index (χ1) is 11.1. The van der Waals surface area contributed by atoms with E-state index in [0.717, 1.165) is 35.6 Å². The Kier molecular flexibility index (Phi) is 3.99. The van der Waals surface area contributed by atoms with Gasteiger partial charge >= 0.3 is 0 Å². The number of methoxy groups -OCH3 is 2. The summed E-state index contributed by atoms with van der Waals surface area (Å²) in [7, 11) is 5.14. The summed E-state index contributed by atoms with van der Waals surface area (Å²) in [5.41, 5.74) is 1.36. The van der Waals surface area contributed by atoms with Crippen molar-refractivity contribution in [2.24, 2.45) is 0 Å². The molecule has 120 valence electrons. The van der Waals surface area contributed by atoms with Crippen LogP contribution in [0.3, 0.4) is 0 Å². The molecule has 1 aliphatic rings. The summed E-state index contributed by atoms with van der Waals surface area (Å²) in [6, 6.07) is 15.6. The van der Waals surface area contributed by atoms with Crippen molar-refractivity contribution >= 4 is 5.91 Å². The van der Waals surface area contributed by atoms with Gasteiger partial charge in [-0.3, -0.25) is 4.79 Å². The molecule has 1 saturated heterocycles. The van der Waals surface area contributed by atoms with Gasteiger partial charge in [0.25, 0.3) is 0 Å². The molecule has 0 unspecified atom stereocenters. The summed E-state index contributed by atoms with van der Waals surface area (Å²) in [5, 5.41) is 0. The summed E-state index contributed by atoms with van der Waals surface area (Å²) in [6.07, 6.45) is 0.765. The quantitative estimate of drug-likeness (QED) is 0.871. The number of ether oxygens (including phenoxy) is 2. The first kappa shape index (κ1) is 15.4. The first-order valence-corrected chi connectivity index (χ1v) is 7.66. The van der Waals surface area contributed by atoms with E-state index < -0.39 is 5.41 Å². The summed E-state index contributed by atoms with van der Waals surface area (Å²) in [5.74, 6) is 1.71. The van der Waals surface area contributed by atoms with E-state index >= 15 is 0 Å². The van der Waals surface area contributed by atoms with E-state index in [1.54, 1.807) is 19.1 Å². The van der Waals surface area contributed by atoms with Gasteiger partial charge in [-0.2, -0.15) is 0 Å². The van der Waals surface area contributed by atoms with Crippen LogP contribution in [0.4, 0.5) is 0 Å². The van der Waals surface area contributed by atoms with Crippen LogP contribution in [0, 0.1) is 0 Å². The van der Waals surface area contributed by atoms with Crippen molar-refractivity contribution in [3.8, 4) is 11.5 Å². The normalized spacial score (nSPS) is 16.5. The van der Waals surface area contributed by atoms with Gasteiger partial charge < -0.3 is 14.4 Å². The maximum atomic E-state index is 13.0. The van der Waals surface area contributed by atoms with Crippen LogP contribution >= 0.6 is 0 Å². The minimum absolute atomic E-state index is 0.132. The Morgan fingerprint density at radius 2 is 1.30 bits per heavy atom. The monoisotopic (exact) mass is 311 g/mol. The highest BCUT2D eigenvalue weighted by atomic mass is 16.5. The Hall–Kier alpha value is -2.49. The van der Waals surface area contributed by atoms with Crippen molar-refractivity contribution in [1.29, 1.82) is 0 Å². The van der Waals surface area contributed by atoms with Crippen LogP contribution in [0.25, 0.3) is 0 Å². The highest BCUT2D eigenvalue weighted by Gasteiger charge is 2.48. The molecule has 1 aliphatic heterocycles. The number of likely N-dealkylation sites (N-methyl/N-ethyl adjacent to an activating group) is 1. The third-order valence-electron chi connectivity index (χ3n) is 4.70. The molecule has 4 heteroatoms. The largest absolute Gasteiger partial charge is 0.497 e. The predicted molar refractivity (Wildman–Crippen MR) is 89.0 cm³/mol. The van der Waals surface area contributed by atoms with E-state index in [2.05, 4.69) is 0 Å². The fourth-order valence-corrected chi connectivity index (χ4v) is 3.32. The molecular formula is C19H21NO3. The number of rotatable bonds is 4. The second kappa shape index (κ2) is 5.95. The van der Waals surface area contributed by atoms with Crippen molar-refractivity contribution < 1.29 is 14.3 Å². The van der Waals surface area contributed by atoms with Crippen molar-refractivity contribution in [2.45, 2.75) is 11.8 Å². The van der Waals surface area contributed by atoms with Crippen molar-refractivity contribution in [3.63, 3.8) is 0 Å². The van der Waals surface area contributed by atoms with Crippen molar-refractivity contribution in [2.75, 3.05) is 27.8 Å². The average Bonchev–Trinajstić information content (AvgIpc) is 2.91. The molecular weight excluding hydrogens is 290 g/mol. The molecule has 3 rings (SSSR count). The lowest BCUT2D eigenvalue weighted by Crippen LogP contribution is -2.37. The molecule has 0 saturated carbocycles. The summed E-state index contributed by atoms with van der Waals surface area (Å²) in [4.78, 5) is 14.8. The fraction of sp³-hybridized carbons (Fsp3) is 0.316. The molecule has 1 fully saturated rings. The van der Waals surface area contributed by atoms with E-state index in [1.165, 1.54) is 0 Å². The van der Waals surface area contributed by atoms with Gasteiger partial charge in [0, 0.05) is 13.6 Å². The number of benzene rings is 2. The number of carbonyl (C=O) groups excluding carboxylic acids is 1. The number of hydrogen-bond acceptors (Lipinski definition) is 3. The molecule has 0 bridgehead atoms. The predicted octanol–water partition coefficient (Wildman–Crippen LogP) is 2.85. The van der Waals surface area contributed by atoms with Crippen LogP contribution in [-0.4, -0.2) is 38.6 Å². The maximum absolute atomic E-state index is 13.0. The van der Waals surface area contributed by atoms with Crippen LogP contribution in [0.15, 0.2) is 48.5 Å². The molecule has 0 aliphatic carbocycles. The minimum Gasteiger partial charge on any atom is -0.497 e. The lowest BCUT2D eigenvalue weighted by molar-refractivity contribution is -0.130. The molecule has 0 spiro atoms. The molecule has 0 aromatic heterocycles. The third kappa shape index (κ3) is 2.44. The van der Waals surface area contributed by atoms with Gasteiger partial charge in [0.05, 0.1) is 14.2 Å². The van der Waals surface area contributed by atoms with E-state index in [4.69, 9.17) is 9.47 Å². The zero-order chi connectivity index (χ0) is 16.4. The Morgan fingerprint density at radius 1 is 0.870 bits per heavy atom. The zero-order valence-electron chi connectivity index (χ0n) is 13.7. The second-order valence-corrected chi connectivity index (χ2v) is 5.84. The summed E-state index contributed by atoms with van der Waals surface area (Å²) >= 11 is 0. The van der Waals surface area contributed by atoms with Gasteiger partial charge in [-0.15, -0.1) is 0 Å². The number of amides is 1. The number of hydrogen-bond donors (Lipinski definition) is 0. The molecule has 0 radical (unpaired) electrons. The summed E-state index contributed by atoms with van der Waals surface area (Å²) in [6.45, 7) is 0.747. The molecule has 2 aromatic rings. The van der Waals surface area contributed by atoms with Crippen LogP contribution in [0.2, 0.25) is 0 Å². The highest BCUT2D eigenvalue weighted by molar-refractivity contribution is 5.94. The van der Waals surface area contributed by atoms with E-state index in [0.29, 0.717) is 0 Å². The van der Waals surface area contributed by atoms with Crippen molar-refractivity contribution in [1.82, 2.24) is 4.90 Å². The van der Waals surface area contributed by atoms with Crippen LogP contribution < -0.4 is 9.47 Å². The Labute approximate surface area is 136 Å². The van der Waals surface area contributed by atoms with Gasteiger partial charge in [0.2, 0.25) is 5.91 Å². The number of carbonyl (C=O) groups is 1. The van der Waals surface area contributed by atoms with E-state index in [1.807, 2.05) is 55.6 Å². The number of nitrogens with zero attached hydrogens (tertiary/aromatic N) is 1. The summed E-state index contributed by atoms with van der Waals surface area (Å²) < 4.78 is 10.5. The first-order valence-electron chi connectivity index (χ1n) is 7.66. The smallest absolute Gasteiger partial charge is 0.237 e. The molecule has 1 heterocycles. The maximum Gasteiger partial charge on any atom is 0.237 e. The molecule has 0 atom stereocenters. The zero-order valence-corrected chi connectivity index (χ0v) is 13.7. The topological polar surface area (TPSA) is 38.8 Å². The van der Waals surface area contributed by atoms with Gasteiger partial charge in [0.1, 0.15) is 16.9 Å². The Bertz CT molecular complexity index is 644. The van der Waals surface area contributed by atoms with E-state index in [-0.39, 0.29) is 5.91 Å². The highest BCUT2D eigenvalue weighted by Crippen LogP contribution is 2.42. The second-order valence-electron chi connectivity index (χ2n) is 5.84. The average molecular weight is 311 g/mol. The van der Waals surface area contributed by atoms with Gasteiger partial charge in [-0.25, -0.2) is 0 Å². The lowest BCUT2D eigenvalue weighted by atomic mass is 9.73.